The van der Waals surface area contributed by atoms with Crippen molar-refractivity contribution in [3.8, 4) is 0 Å². The van der Waals surface area contributed by atoms with E-state index in [9.17, 15) is 0 Å². The lowest BCUT2D eigenvalue weighted by Gasteiger charge is -2.20. The van der Waals surface area contributed by atoms with Gasteiger partial charge in [0, 0.05) is 18.3 Å². The van der Waals surface area contributed by atoms with Crippen LogP contribution in [0.4, 0.5) is 0 Å². The molecule has 0 amide bonds. The quantitative estimate of drug-likeness (QED) is 0.785. The van der Waals surface area contributed by atoms with Crippen LogP contribution in [0.5, 0.6) is 0 Å². The van der Waals surface area contributed by atoms with E-state index >= 15 is 0 Å². The van der Waals surface area contributed by atoms with Crippen molar-refractivity contribution in [3.63, 3.8) is 0 Å². The molecule has 0 fully saturated rings. The van der Waals surface area contributed by atoms with Crippen LogP contribution in [0.3, 0.4) is 0 Å². The third kappa shape index (κ3) is 2.35. The van der Waals surface area contributed by atoms with Gasteiger partial charge in [-0.1, -0.05) is 20.3 Å². The van der Waals surface area contributed by atoms with Gasteiger partial charge >= 0.3 is 0 Å². The fraction of sp³-hybridized carbons (Fsp3) is 0.727. The first-order valence-corrected chi connectivity index (χ1v) is 5.48. The molecule has 2 atom stereocenters. The second kappa shape index (κ2) is 5.15. The standard InChI is InChI=1S/C11H21N3/c1-4-6-10(5-2)14-8-13-7-11(14)9(3)12/h7-10H,4-6,12H2,1-3H3/t9-,10?/m0/s1. The molecule has 0 aliphatic rings. The van der Waals surface area contributed by atoms with Gasteiger partial charge in [-0.2, -0.15) is 0 Å². The van der Waals surface area contributed by atoms with Gasteiger partial charge in [0.05, 0.1) is 12.0 Å². The maximum absolute atomic E-state index is 5.89. The molecular weight excluding hydrogens is 174 g/mol. The molecule has 3 nitrogen and oxygen atoms in total. The Morgan fingerprint density at radius 3 is 2.71 bits per heavy atom. The molecule has 1 aromatic rings. The number of hydrogen-bond acceptors (Lipinski definition) is 2. The first-order chi connectivity index (χ1) is 6.70. The first kappa shape index (κ1) is 11.2. The van der Waals surface area contributed by atoms with Gasteiger partial charge in [-0.3, -0.25) is 0 Å². The average Bonchev–Trinajstić information content (AvgIpc) is 2.62. The molecule has 0 saturated carbocycles. The maximum Gasteiger partial charge on any atom is 0.0951 e. The number of nitrogens with two attached hydrogens (primary N) is 1. The van der Waals surface area contributed by atoms with Crippen molar-refractivity contribution in [1.82, 2.24) is 9.55 Å². The highest BCUT2D eigenvalue weighted by Crippen LogP contribution is 2.22. The van der Waals surface area contributed by atoms with Gasteiger partial charge in [-0.05, 0) is 19.8 Å². The number of nitrogens with zero attached hydrogens (tertiary/aromatic N) is 2. The third-order valence-corrected chi connectivity index (χ3v) is 2.65. The Kier molecular flexibility index (Phi) is 4.14. The largest absolute Gasteiger partial charge is 0.330 e. The summed E-state index contributed by atoms with van der Waals surface area (Å²) in [5.74, 6) is 0. The molecule has 0 aromatic carbocycles. The zero-order valence-corrected chi connectivity index (χ0v) is 9.40. The molecule has 1 heterocycles. The molecule has 2 N–H and O–H groups in total. The van der Waals surface area contributed by atoms with E-state index in [4.69, 9.17) is 5.73 Å². The molecule has 80 valence electrons. The maximum atomic E-state index is 5.89. The molecule has 0 bridgehead atoms. The van der Waals surface area contributed by atoms with Crippen LogP contribution in [0, 0.1) is 0 Å². The van der Waals surface area contributed by atoms with Crippen LogP contribution in [0.2, 0.25) is 0 Å². The van der Waals surface area contributed by atoms with Crippen molar-refractivity contribution in [2.75, 3.05) is 0 Å². The molecular formula is C11H21N3. The highest BCUT2D eigenvalue weighted by molar-refractivity contribution is 5.04. The van der Waals surface area contributed by atoms with Gasteiger partial charge in [0.25, 0.3) is 0 Å². The molecule has 1 unspecified atom stereocenters. The summed E-state index contributed by atoms with van der Waals surface area (Å²) in [5.41, 5.74) is 7.03. The lowest BCUT2D eigenvalue weighted by atomic mass is 10.1. The van der Waals surface area contributed by atoms with E-state index in [1.807, 2.05) is 19.4 Å². The Morgan fingerprint density at radius 2 is 2.21 bits per heavy atom. The zero-order valence-electron chi connectivity index (χ0n) is 9.40. The third-order valence-electron chi connectivity index (χ3n) is 2.65. The Labute approximate surface area is 86.3 Å². The van der Waals surface area contributed by atoms with E-state index in [0.29, 0.717) is 6.04 Å². The fourth-order valence-corrected chi connectivity index (χ4v) is 1.85. The van der Waals surface area contributed by atoms with Crippen molar-refractivity contribution < 1.29 is 0 Å². The highest BCUT2D eigenvalue weighted by atomic mass is 15.1. The Balaban J connectivity index is 2.86. The Hall–Kier alpha value is -0.830. The topological polar surface area (TPSA) is 43.8 Å². The van der Waals surface area contributed by atoms with E-state index in [1.165, 1.54) is 12.8 Å². The SMILES string of the molecule is CCCC(CC)n1cncc1[C@H](C)N. The van der Waals surface area contributed by atoms with Crippen LogP contribution in [0.25, 0.3) is 0 Å². The minimum atomic E-state index is 0.0726. The summed E-state index contributed by atoms with van der Waals surface area (Å²) in [7, 11) is 0. The van der Waals surface area contributed by atoms with Gasteiger partial charge in [-0.15, -0.1) is 0 Å². The van der Waals surface area contributed by atoms with Gasteiger partial charge in [0.15, 0.2) is 0 Å². The van der Waals surface area contributed by atoms with E-state index in [2.05, 4.69) is 23.4 Å². The van der Waals surface area contributed by atoms with Crippen LogP contribution in [-0.4, -0.2) is 9.55 Å². The summed E-state index contributed by atoms with van der Waals surface area (Å²) in [5, 5.41) is 0. The smallest absolute Gasteiger partial charge is 0.0951 e. The molecule has 1 aromatic heterocycles. The zero-order chi connectivity index (χ0) is 10.6. The molecule has 14 heavy (non-hydrogen) atoms. The van der Waals surface area contributed by atoms with Crippen LogP contribution >= 0.6 is 0 Å². The number of hydrogen-bond donors (Lipinski definition) is 1. The first-order valence-electron chi connectivity index (χ1n) is 5.48. The van der Waals surface area contributed by atoms with Crippen LogP contribution in [0.15, 0.2) is 12.5 Å². The average molecular weight is 195 g/mol. The lowest BCUT2D eigenvalue weighted by molar-refractivity contribution is 0.428. The minimum absolute atomic E-state index is 0.0726. The van der Waals surface area contributed by atoms with Crippen molar-refractivity contribution in [2.24, 2.45) is 5.73 Å². The molecule has 0 aliphatic heterocycles. The summed E-state index contributed by atoms with van der Waals surface area (Å²) in [6.07, 6.45) is 7.33. The van der Waals surface area contributed by atoms with Gasteiger partial charge in [-0.25, -0.2) is 4.98 Å². The molecule has 0 radical (unpaired) electrons. The summed E-state index contributed by atoms with van der Waals surface area (Å²) >= 11 is 0. The van der Waals surface area contributed by atoms with E-state index in [0.717, 1.165) is 12.1 Å². The van der Waals surface area contributed by atoms with Crippen molar-refractivity contribution in [1.29, 1.82) is 0 Å². The van der Waals surface area contributed by atoms with Crippen molar-refractivity contribution in [3.05, 3.63) is 18.2 Å². The monoisotopic (exact) mass is 195 g/mol. The summed E-state index contributed by atoms with van der Waals surface area (Å²) in [6, 6.07) is 0.631. The van der Waals surface area contributed by atoms with Crippen LogP contribution in [-0.2, 0) is 0 Å². The summed E-state index contributed by atoms with van der Waals surface area (Å²) < 4.78 is 2.23. The van der Waals surface area contributed by atoms with Crippen LogP contribution in [0.1, 0.15) is 57.8 Å². The lowest BCUT2D eigenvalue weighted by Crippen LogP contribution is -2.16. The molecule has 0 aliphatic carbocycles. The predicted octanol–water partition coefficient (Wildman–Crippen LogP) is 2.65. The Bertz CT molecular complexity index is 265. The number of rotatable bonds is 5. The molecule has 1 rings (SSSR count). The minimum Gasteiger partial charge on any atom is -0.330 e. The van der Waals surface area contributed by atoms with Gasteiger partial charge in [0.1, 0.15) is 0 Å². The van der Waals surface area contributed by atoms with Crippen LogP contribution < -0.4 is 5.73 Å². The number of imidazole rings is 1. The normalized spacial score (nSPS) is 15.4. The molecule has 0 saturated heterocycles. The predicted molar refractivity (Wildman–Crippen MR) is 59.1 cm³/mol. The Morgan fingerprint density at radius 1 is 1.50 bits per heavy atom. The van der Waals surface area contributed by atoms with Gasteiger partial charge < -0.3 is 10.3 Å². The van der Waals surface area contributed by atoms with E-state index in [-0.39, 0.29) is 6.04 Å². The van der Waals surface area contributed by atoms with E-state index < -0.39 is 0 Å². The summed E-state index contributed by atoms with van der Waals surface area (Å²) in [6.45, 7) is 6.43. The number of aromatic nitrogens is 2. The van der Waals surface area contributed by atoms with E-state index in [1.54, 1.807) is 0 Å². The molecule has 0 spiro atoms. The fourth-order valence-electron chi connectivity index (χ4n) is 1.85. The van der Waals surface area contributed by atoms with Gasteiger partial charge in [0.2, 0.25) is 0 Å². The highest BCUT2D eigenvalue weighted by Gasteiger charge is 2.13. The van der Waals surface area contributed by atoms with Crippen molar-refractivity contribution >= 4 is 0 Å². The summed E-state index contributed by atoms with van der Waals surface area (Å²) in [4.78, 5) is 4.18. The van der Waals surface area contributed by atoms with Crippen molar-refractivity contribution in [2.45, 2.75) is 52.1 Å². The molecule has 3 heteroatoms. The second-order valence-corrected chi connectivity index (χ2v) is 3.87. The second-order valence-electron chi connectivity index (χ2n) is 3.87.